The molecule has 2 atom stereocenters. The van der Waals surface area contributed by atoms with Crippen LogP contribution in [0.3, 0.4) is 0 Å². The summed E-state index contributed by atoms with van der Waals surface area (Å²) in [5, 5.41) is 0. The quantitative estimate of drug-likeness (QED) is 0.797. The summed E-state index contributed by atoms with van der Waals surface area (Å²) in [6.45, 7) is 4.54. The highest BCUT2D eigenvalue weighted by molar-refractivity contribution is 9.10. The molecule has 0 radical (unpaired) electrons. The summed E-state index contributed by atoms with van der Waals surface area (Å²) >= 11 is 3.42. The Balaban J connectivity index is 2.13. The molecule has 3 nitrogen and oxygen atoms in total. The number of carbonyl (C=O) groups excluding carboxylic acids is 1. The predicted octanol–water partition coefficient (Wildman–Crippen LogP) is 3.60. The van der Waals surface area contributed by atoms with Gasteiger partial charge in [-0.1, -0.05) is 0 Å². The minimum Gasteiger partial charge on any atom is -0.493 e. The SMILES string of the molecule is CCOc1ccc(C(=O)C2CCC(C)O2)cc1Br. The maximum Gasteiger partial charge on any atom is 0.191 e. The fourth-order valence-electron chi connectivity index (χ4n) is 2.11. The summed E-state index contributed by atoms with van der Waals surface area (Å²) in [5.74, 6) is 0.817. The third-order valence-corrected chi connectivity index (χ3v) is 3.66. The number of hydrogen-bond acceptors (Lipinski definition) is 3. The van der Waals surface area contributed by atoms with Crippen molar-refractivity contribution in [2.24, 2.45) is 0 Å². The van der Waals surface area contributed by atoms with Crippen LogP contribution in [0, 0.1) is 0 Å². The van der Waals surface area contributed by atoms with Crippen LogP contribution in [0.5, 0.6) is 5.75 Å². The van der Waals surface area contributed by atoms with Crippen molar-refractivity contribution < 1.29 is 14.3 Å². The van der Waals surface area contributed by atoms with Crippen LogP contribution in [0.25, 0.3) is 0 Å². The van der Waals surface area contributed by atoms with E-state index >= 15 is 0 Å². The average molecular weight is 313 g/mol. The summed E-state index contributed by atoms with van der Waals surface area (Å²) in [7, 11) is 0. The van der Waals surface area contributed by atoms with Gasteiger partial charge in [0.25, 0.3) is 0 Å². The van der Waals surface area contributed by atoms with Gasteiger partial charge in [-0.05, 0) is 60.8 Å². The first kappa shape index (κ1) is 13.6. The first-order chi connectivity index (χ1) is 8.61. The van der Waals surface area contributed by atoms with Gasteiger partial charge in [-0.15, -0.1) is 0 Å². The molecule has 98 valence electrons. The molecule has 1 aromatic carbocycles. The fraction of sp³-hybridized carbons (Fsp3) is 0.500. The molecule has 4 heteroatoms. The molecule has 1 saturated heterocycles. The molecule has 1 heterocycles. The van der Waals surface area contributed by atoms with Gasteiger partial charge >= 0.3 is 0 Å². The van der Waals surface area contributed by atoms with Gasteiger partial charge < -0.3 is 9.47 Å². The van der Waals surface area contributed by atoms with E-state index in [0.29, 0.717) is 12.2 Å². The molecule has 0 aromatic heterocycles. The Hall–Kier alpha value is -0.870. The number of ether oxygens (including phenoxy) is 2. The number of ketones is 1. The summed E-state index contributed by atoms with van der Waals surface area (Å²) in [4.78, 5) is 12.2. The van der Waals surface area contributed by atoms with Crippen molar-refractivity contribution in [1.29, 1.82) is 0 Å². The van der Waals surface area contributed by atoms with Crippen molar-refractivity contribution in [2.75, 3.05) is 6.61 Å². The van der Waals surface area contributed by atoms with Crippen LogP contribution in [-0.2, 0) is 4.74 Å². The molecule has 0 bridgehead atoms. The van der Waals surface area contributed by atoms with E-state index < -0.39 is 0 Å². The van der Waals surface area contributed by atoms with Crippen molar-refractivity contribution in [3.05, 3.63) is 28.2 Å². The van der Waals surface area contributed by atoms with E-state index in [9.17, 15) is 4.79 Å². The Labute approximate surface area is 116 Å². The normalized spacial score (nSPS) is 23.1. The molecule has 2 rings (SSSR count). The second-order valence-electron chi connectivity index (χ2n) is 4.46. The van der Waals surface area contributed by atoms with E-state index in [0.717, 1.165) is 23.1 Å². The van der Waals surface area contributed by atoms with Crippen LogP contribution in [0.2, 0.25) is 0 Å². The van der Waals surface area contributed by atoms with Crippen molar-refractivity contribution in [3.8, 4) is 5.75 Å². The third-order valence-electron chi connectivity index (χ3n) is 3.04. The molecule has 18 heavy (non-hydrogen) atoms. The summed E-state index contributed by atoms with van der Waals surface area (Å²) < 4.78 is 11.8. The van der Waals surface area contributed by atoms with Crippen molar-refractivity contribution in [3.63, 3.8) is 0 Å². The Morgan fingerprint density at radius 1 is 1.50 bits per heavy atom. The maximum absolute atomic E-state index is 12.2. The van der Waals surface area contributed by atoms with E-state index in [4.69, 9.17) is 9.47 Å². The average Bonchev–Trinajstić information content (AvgIpc) is 2.78. The first-order valence-corrected chi connectivity index (χ1v) is 7.03. The van der Waals surface area contributed by atoms with Crippen LogP contribution in [0.1, 0.15) is 37.0 Å². The molecule has 0 amide bonds. The summed E-state index contributed by atoms with van der Waals surface area (Å²) in [6, 6.07) is 5.42. The second-order valence-corrected chi connectivity index (χ2v) is 5.31. The highest BCUT2D eigenvalue weighted by Gasteiger charge is 2.29. The minimum absolute atomic E-state index is 0.0584. The topological polar surface area (TPSA) is 35.5 Å². The van der Waals surface area contributed by atoms with E-state index in [1.54, 1.807) is 12.1 Å². The molecular weight excluding hydrogens is 296 g/mol. The van der Waals surface area contributed by atoms with Crippen LogP contribution in [-0.4, -0.2) is 24.6 Å². The van der Waals surface area contributed by atoms with Gasteiger partial charge in [-0.2, -0.15) is 0 Å². The Kier molecular flexibility index (Phi) is 4.40. The number of rotatable bonds is 4. The van der Waals surface area contributed by atoms with E-state index in [1.807, 2.05) is 19.9 Å². The standard InChI is InChI=1S/C14H17BrO3/c1-3-17-12-7-5-10(8-11(12)15)14(16)13-6-4-9(2)18-13/h5,7-9,13H,3-4,6H2,1-2H3. The van der Waals surface area contributed by atoms with E-state index in [2.05, 4.69) is 15.9 Å². The lowest BCUT2D eigenvalue weighted by Crippen LogP contribution is -2.20. The van der Waals surface area contributed by atoms with Crippen LogP contribution >= 0.6 is 15.9 Å². The highest BCUT2D eigenvalue weighted by Crippen LogP contribution is 2.28. The monoisotopic (exact) mass is 312 g/mol. The zero-order chi connectivity index (χ0) is 13.1. The van der Waals surface area contributed by atoms with Crippen LogP contribution in [0.15, 0.2) is 22.7 Å². The molecule has 2 unspecified atom stereocenters. The van der Waals surface area contributed by atoms with Crippen LogP contribution in [0.4, 0.5) is 0 Å². The predicted molar refractivity (Wildman–Crippen MR) is 73.2 cm³/mol. The smallest absolute Gasteiger partial charge is 0.191 e. The van der Waals surface area contributed by atoms with Gasteiger partial charge in [0.2, 0.25) is 0 Å². The Bertz CT molecular complexity index is 445. The molecule has 0 spiro atoms. The summed E-state index contributed by atoms with van der Waals surface area (Å²) in [5.41, 5.74) is 0.671. The zero-order valence-corrected chi connectivity index (χ0v) is 12.2. The largest absolute Gasteiger partial charge is 0.493 e. The Morgan fingerprint density at radius 2 is 2.28 bits per heavy atom. The minimum atomic E-state index is -0.287. The van der Waals surface area contributed by atoms with Crippen molar-refractivity contribution >= 4 is 21.7 Å². The van der Waals surface area contributed by atoms with Crippen LogP contribution < -0.4 is 4.74 Å². The molecule has 0 aliphatic carbocycles. The molecule has 1 fully saturated rings. The lowest BCUT2D eigenvalue weighted by molar-refractivity contribution is 0.0433. The van der Waals surface area contributed by atoms with E-state index in [1.165, 1.54) is 0 Å². The number of carbonyl (C=O) groups is 1. The zero-order valence-electron chi connectivity index (χ0n) is 10.6. The molecule has 1 aromatic rings. The Morgan fingerprint density at radius 3 is 2.83 bits per heavy atom. The first-order valence-electron chi connectivity index (χ1n) is 6.23. The molecule has 0 saturated carbocycles. The number of hydrogen-bond donors (Lipinski definition) is 0. The van der Waals surface area contributed by atoms with Crippen molar-refractivity contribution in [1.82, 2.24) is 0 Å². The molecule has 1 aliphatic heterocycles. The fourth-order valence-corrected chi connectivity index (χ4v) is 2.60. The third kappa shape index (κ3) is 2.93. The van der Waals surface area contributed by atoms with Gasteiger partial charge in [-0.25, -0.2) is 0 Å². The summed E-state index contributed by atoms with van der Waals surface area (Å²) in [6.07, 6.45) is 1.66. The van der Waals surface area contributed by atoms with Gasteiger partial charge in [0.05, 0.1) is 17.2 Å². The molecular formula is C14H17BrO3. The van der Waals surface area contributed by atoms with Gasteiger partial charge in [0.15, 0.2) is 5.78 Å². The number of benzene rings is 1. The lowest BCUT2D eigenvalue weighted by atomic mass is 10.0. The van der Waals surface area contributed by atoms with Crippen molar-refractivity contribution in [2.45, 2.75) is 38.9 Å². The second kappa shape index (κ2) is 5.85. The lowest BCUT2D eigenvalue weighted by Gasteiger charge is -2.11. The van der Waals surface area contributed by atoms with Gasteiger partial charge in [0, 0.05) is 5.56 Å². The maximum atomic E-state index is 12.2. The number of halogens is 1. The van der Waals surface area contributed by atoms with E-state index in [-0.39, 0.29) is 18.0 Å². The number of Topliss-reactive ketones (excluding diaryl/α,β-unsaturated/α-hetero) is 1. The highest BCUT2D eigenvalue weighted by atomic mass is 79.9. The molecule has 1 aliphatic rings. The van der Waals surface area contributed by atoms with Gasteiger partial charge in [0.1, 0.15) is 11.9 Å². The van der Waals surface area contributed by atoms with Gasteiger partial charge in [-0.3, -0.25) is 4.79 Å². The molecule has 0 N–H and O–H groups in total.